The van der Waals surface area contributed by atoms with Crippen molar-refractivity contribution in [1.82, 2.24) is 20.8 Å². The number of aliphatic hydroxyl groups excluding tert-OH is 1. The lowest BCUT2D eigenvalue weighted by molar-refractivity contribution is 0.191. The molecule has 0 spiro atoms. The van der Waals surface area contributed by atoms with Gasteiger partial charge in [0.15, 0.2) is 11.8 Å². The van der Waals surface area contributed by atoms with E-state index in [0.29, 0.717) is 37.2 Å². The molecule has 1 unspecified atom stereocenters. The summed E-state index contributed by atoms with van der Waals surface area (Å²) in [5.74, 6) is 1.88. The number of benzene rings is 1. The average Bonchev–Trinajstić information content (AvgIpc) is 3.25. The number of guanidine groups is 1. The fourth-order valence-electron chi connectivity index (χ4n) is 2.51. The number of rotatable bonds is 7. The minimum atomic E-state index is -0.624. The van der Waals surface area contributed by atoms with E-state index >= 15 is 0 Å². The highest BCUT2D eigenvalue weighted by Crippen LogP contribution is 2.29. The van der Waals surface area contributed by atoms with Gasteiger partial charge in [0.2, 0.25) is 5.89 Å². The van der Waals surface area contributed by atoms with Gasteiger partial charge >= 0.3 is 0 Å². The third-order valence-electron chi connectivity index (χ3n) is 3.74. The lowest BCUT2D eigenvalue weighted by Gasteiger charge is -2.11. The molecule has 3 rings (SSSR count). The molecule has 26 heavy (non-hydrogen) atoms. The predicted molar refractivity (Wildman–Crippen MR) is 104 cm³/mol. The molecular weight excluding hydrogens is 350 g/mol. The molecule has 0 saturated heterocycles. The zero-order valence-corrected chi connectivity index (χ0v) is 15.7. The number of aliphatic imine (C=N–C) groups is 1. The van der Waals surface area contributed by atoms with E-state index in [0.717, 1.165) is 16.8 Å². The van der Waals surface area contributed by atoms with Crippen molar-refractivity contribution < 1.29 is 9.63 Å². The number of aryl methyl sites for hydroxylation is 1. The third-order valence-corrected chi connectivity index (χ3v) is 4.96. The summed E-state index contributed by atoms with van der Waals surface area (Å²) in [6.45, 7) is 5.45. The minimum absolute atomic E-state index is 0.293. The van der Waals surface area contributed by atoms with Crippen LogP contribution in [0.3, 0.4) is 0 Å². The van der Waals surface area contributed by atoms with Crippen molar-refractivity contribution in [2.45, 2.75) is 26.4 Å². The molecule has 0 bridgehead atoms. The Labute approximate surface area is 156 Å². The van der Waals surface area contributed by atoms with Gasteiger partial charge in [-0.15, -0.1) is 11.3 Å². The molecule has 0 saturated carbocycles. The SMILES string of the molecule is CCNC(=NCC(O)c1cc2ccccc2s1)NCCc1nc(C)no1. The largest absolute Gasteiger partial charge is 0.386 e. The van der Waals surface area contributed by atoms with Gasteiger partial charge in [0.1, 0.15) is 6.10 Å². The molecular formula is C18H23N5O2S. The maximum Gasteiger partial charge on any atom is 0.228 e. The monoisotopic (exact) mass is 373 g/mol. The molecule has 1 aromatic carbocycles. The number of hydrogen-bond donors (Lipinski definition) is 3. The molecule has 0 aliphatic rings. The lowest BCUT2D eigenvalue weighted by Crippen LogP contribution is -2.38. The molecule has 0 radical (unpaired) electrons. The molecule has 0 amide bonds. The first-order chi connectivity index (χ1) is 12.7. The van der Waals surface area contributed by atoms with Crippen LogP contribution in [0.25, 0.3) is 10.1 Å². The molecule has 138 valence electrons. The smallest absolute Gasteiger partial charge is 0.228 e. The summed E-state index contributed by atoms with van der Waals surface area (Å²) >= 11 is 1.60. The Kier molecular flexibility index (Phi) is 6.19. The van der Waals surface area contributed by atoms with Crippen LogP contribution in [0.5, 0.6) is 0 Å². The zero-order valence-electron chi connectivity index (χ0n) is 14.9. The second kappa shape index (κ2) is 8.77. The quantitative estimate of drug-likeness (QED) is 0.435. The van der Waals surface area contributed by atoms with Gasteiger partial charge < -0.3 is 20.3 Å². The molecule has 2 heterocycles. The van der Waals surface area contributed by atoms with Crippen molar-refractivity contribution in [1.29, 1.82) is 0 Å². The van der Waals surface area contributed by atoms with E-state index in [9.17, 15) is 5.11 Å². The van der Waals surface area contributed by atoms with Crippen molar-refractivity contribution in [3.05, 3.63) is 46.9 Å². The second-order valence-corrected chi connectivity index (χ2v) is 6.95. The Bertz CT molecular complexity index is 840. The maximum atomic E-state index is 10.5. The van der Waals surface area contributed by atoms with Gasteiger partial charge in [-0.3, -0.25) is 4.99 Å². The van der Waals surface area contributed by atoms with Crippen molar-refractivity contribution >= 4 is 27.4 Å². The fraction of sp³-hybridized carbons (Fsp3) is 0.389. The minimum Gasteiger partial charge on any atom is -0.386 e. The highest BCUT2D eigenvalue weighted by atomic mass is 32.1. The number of nitrogens with one attached hydrogen (secondary N) is 2. The summed E-state index contributed by atoms with van der Waals surface area (Å²) < 4.78 is 6.26. The summed E-state index contributed by atoms with van der Waals surface area (Å²) in [5.41, 5.74) is 0. The van der Waals surface area contributed by atoms with Crippen LogP contribution < -0.4 is 10.6 Å². The number of nitrogens with zero attached hydrogens (tertiary/aromatic N) is 3. The van der Waals surface area contributed by atoms with Crippen LogP contribution in [-0.2, 0) is 6.42 Å². The fourth-order valence-corrected chi connectivity index (χ4v) is 3.55. The lowest BCUT2D eigenvalue weighted by atomic mass is 10.2. The first-order valence-corrected chi connectivity index (χ1v) is 9.45. The normalized spacial score (nSPS) is 13.1. The topological polar surface area (TPSA) is 95.6 Å². The summed E-state index contributed by atoms with van der Waals surface area (Å²) in [6.07, 6.45) is -0.00846. The summed E-state index contributed by atoms with van der Waals surface area (Å²) in [6, 6.07) is 10.1. The number of aliphatic hydroxyl groups is 1. The first kappa shape index (κ1) is 18.3. The number of fused-ring (bicyclic) bond motifs is 1. The van der Waals surface area contributed by atoms with Gasteiger partial charge in [-0.25, -0.2) is 0 Å². The van der Waals surface area contributed by atoms with E-state index in [1.807, 2.05) is 25.1 Å². The maximum absolute atomic E-state index is 10.5. The van der Waals surface area contributed by atoms with E-state index < -0.39 is 6.10 Å². The van der Waals surface area contributed by atoms with Crippen LogP contribution in [0.2, 0.25) is 0 Å². The van der Waals surface area contributed by atoms with Gasteiger partial charge in [0.25, 0.3) is 0 Å². The van der Waals surface area contributed by atoms with Crippen LogP contribution in [0, 0.1) is 6.92 Å². The third kappa shape index (κ3) is 4.80. The Morgan fingerprint density at radius 2 is 2.19 bits per heavy atom. The number of hydrogen-bond acceptors (Lipinski definition) is 6. The summed E-state index contributed by atoms with van der Waals surface area (Å²) in [4.78, 5) is 9.58. The van der Waals surface area contributed by atoms with Crippen LogP contribution in [0.1, 0.15) is 29.6 Å². The van der Waals surface area contributed by atoms with Crippen LogP contribution in [0.4, 0.5) is 0 Å². The first-order valence-electron chi connectivity index (χ1n) is 8.63. The van der Waals surface area contributed by atoms with Gasteiger partial charge in [-0.1, -0.05) is 23.4 Å². The second-order valence-electron chi connectivity index (χ2n) is 5.83. The van der Waals surface area contributed by atoms with E-state index in [4.69, 9.17) is 4.52 Å². The molecule has 3 N–H and O–H groups in total. The Morgan fingerprint density at radius 3 is 2.92 bits per heavy atom. The van der Waals surface area contributed by atoms with Crippen molar-refractivity contribution in [2.24, 2.45) is 4.99 Å². The molecule has 0 fully saturated rings. The van der Waals surface area contributed by atoms with Gasteiger partial charge in [0, 0.05) is 29.1 Å². The molecule has 7 nitrogen and oxygen atoms in total. The van der Waals surface area contributed by atoms with Crippen molar-refractivity contribution in [3.8, 4) is 0 Å². The van der Waals surface area contributed by atoms with Crippen LogP contribution in [0.15, 0.2) is 39.8 Å². The van der Waals surface area contributed by atoms with E-state index in [2.05, 4.69) is 37.9 Å². The van der Waals surface area contributed by atoms with Crippen LogP contribution >= 0.6 is 11.3 Å². The van der Waals surface area contributed by atoms with Gasteiger partial charge in [-0.2, -0.15) is 4.98 Å². The Hall–Kier alpha value is -2.45. The van der Waals surface area contributed by atoms with E-state index in [-0.39, 0.29) is 0 Å². The standard InChI is InChI=1S/C18H23N5O2S/c1-3-19-18(20-9-8-17-22-12(2)23-25-17)21-11-14(24)16-10-13-6-4-5-7-15(13)26-16/h4-7,10,14,24H,3,8-9,11H2,1-2H3,(H2,19,20,21). The van der Waals surface area contributed by atoms with Gasteiger partial charge in [0.05, 0.1) is 6.54 Å². The summed E-state index contributed by atoms with van der Waals surface area (Å²) in [5, 5.41) is 21.8. The van der Waals surface area contributed by atoms with Crippen LogP contribution in [-0.4, -0.2) is 40.8 Å². The highest BCUT2D eigenvalue weighted by Gasteiger charge is 2.11. The highest BCUT2D eigenvalue weighted by molar-refractivity contribution is 7.19. The number of aromatic nitrogens is 2. The molecule has 2 aromatic heterocycles. The average molecular weight is 373 g/mol. The zero-order chi connectivity index (χ0) is 18.4. The molecule has 8 heteroatoms. The molecule has 3 aromatic rings. The van der Waals surface area contributed by atoms with E-state index in [1.54, 1.807) is 18.3 Å². The number of thiophene rings is 1. The predicted octanol–water partition coefficient (Wildman–Crippen LogP) is 2.42. The Balaban J connectivity index is 1.56. The van der Waals surface area contributed by atoms with Gasteiger partial charge in [-0.05, 0) is 31.4 Å². The molecule has 1 atom stereocenters. The van der Waals surface area contributed by atoms with Crippen molar-refractivity contribution in [3.63, 3.8) is 0 Å². The Morgan fingerprint density at radius 1 is 1.35 bits per heavy atom. The van der Waals surface area contributed by atoms with Crippen molar-refractivity contribution in [2.75, 3.05) is 19.6 Å². The molecule has 0 aliphatic heterocycles. The summed E-state index contributed by atoms with van der Waals surface area (Å²) in [7, 11) is 0. The molecule has 0 aliphatic carbocycles. The van der Waals surface area contributed by atoms with E-state index in [1.165, 1.54) is 4.70 Å².